The summed E-state index contributed by atoms with van der Waals surface area (Å²) in [4.78, 5) is 82.3. The zero-order valence-corrected chi connectivity index (χ0v) is 44.8. The molecule has 0 spiro atoms. The van der Waals surface area contributed by atoms with E-state index in [0.717, 1.165) is 0 Å². The normalized spacial score (nSPS) is 12.0. The van der Waals surface area contributed by atoms with E-state index in [9.17, 15) is 20.4 Å². The molecule has 10 rings (SSSR count). The molecule has 13 nitrogen and oxygen atoms in total. The maximum atomic E-state index is 17.8. The first-order valence-corrected chi connectivity index (χ1v) is 26.7. The van der Waals surface area contributed by atoms with Crippen molar-refractivity contribution in [3.05, 3.63) is 359 Å². The minimum absolute atomic E-state index is 0.106. The van der Waals surface area contributed by atoms with Gasteiger partial charge in [-0.25, -0.2) is 19.2 Å². The topological polar surface area (TPSA) is 203 Å². The highest BCUT2D eigenvalue weighted by molar-refractivity contribution is 6.03. The second kappa shape index (κ2) is 24.0. The summed E-state index contributed by atoms with van der Waals surface area (Å²) in [5.41, 5.74) is -13.6. The van der Waals surface area contributed by atoms with Crippen LogP contribution < -0.4 is 0 Å². The third-order valence-corrected chi connectivity index (χ3v) is 14.6. The Morgan fingerprint density at radius 2 is 0.321 bits per heavy atom. The molecule has 0 aliphatic rings. The summed E-state index contributed by atoms with van der Waals surface area (Å²) in [7, 11) is 0. The molecule has 0 unspecified atom stereocenters. The van der Waals surface area contributed by atoms with Gasteiger partial charge in [-0.3, -0.25) is 4.79 Å². The van der Waals surface area contributed by atoms with E-state index in [1.165, 1.54) is 255 Å². The second-order valence-corrected chi connectivity index (χ2v) is 19.6. The average Bonchev–Trinajstić information content (AvgIpc) is 1.44. The maximum absolute atomic E-state index is 17.8. The van der Waals surface area contributed by atoms with E-state index >= 15 is 24.0 Å². The minimum Gasteiger partial charge on any atom is -0.408 e. The van der Waals surface area contributed by atoms with Crippen LogP contribution in [0.2, 0.25) is 0 Å². The molecule has 4 N–H and O–H groups in total. The van der Waals surface area contributed by atoms with Crippen LogP contribution in [0.15, 0.2) is 303 Å². The summed E-state index contributed by atoms with van der Waals surface area (Å²) < 4.78 is 26.4. The van der Waals surface area contributed by atoms with Gasteiger partial charge in [-0.1, -0.05) is 303 Å². The second-order valence-electron chi connectivity index (χ2n) is 19.6. The molecule has 10 aromatic rings. The predicted molar refractivity (Wildman–Crippen MR) is 309 cm³/mol. The molecule has 0 bridgehead atoms. The van der Waals surface area contributed by atoms with Crippen molar-refractivity contribution in [3.63, 3.8) is 0 Å². The third-order valence-electron chi connectivity index (χ3n) is 14.6. The summed E-state index contributed by atoms with van der Waals surface area (Å²) >= 11 is 0. The number of hydrogen-bond donors (Lipinski definition) is 4. The monoisotopic (exact) mass is 1110 g/mol. The van der Waals surface area contributed by atoms with E-state index in [0.29, 0.717) is 0 Å². The largest absolute Gasteiger partial charge is 0.408 e. The molecular weight excluding hydrogens is 1060 g/mol. The Kier molecular flexibility index (Phi) is 16.2. The summed E-state index contributed by atoms with van der Waals surface area (Å²) in [6, 6.07) is 73.6. The van der Waals surface area contributed by atoms with Gasteiger partial charge in [0.05, 0.1) is 0 Å². The first-order valence-electron chi connectivity index (χ1n) is 26.7. The van der Waals surface area contributed by atoms with Crippen LogP contribution in [0.5, 0.6) is 0 Å². The van der Waals surface area contributed by atoms with Crippen LogP contribution in [0, 0.1) is 0 Å². The molecule has 0 fully saturated rings. The molecule has 0 saturated heterocycles. The fraction of sp³-hybridized carbons (Fsp3) is 0.0845. The van der Waals surface area contributed by atoms with E-state index < -0.39 is 74.8 Å². The minimum atomic E-state index is -3.81. The first-order chi connectivity index (χ1) is 40.7. The van der Waals surface area contributed by atoms with Crippen LogP contribution in [0.4, 0.5) is 0 Å². The number of carbonyl (C=O) groups excluding carboxylic acids is 5. The molecule has 0 aliphatic carbocycles. The van der Waals surface area contributed by atoms with Crippen molar-refractivity contribution >= 4 is 29.7 Å². The molecule has 0 atom stereocenters. The number of ether oxygens (including phenoxy) is 4. The van der Waals surface area contributed by atoms with Gasteiger partial charge in [0.2, 0.25) is 22.4 Å². The van der Waals surface area contributed by atoms with Crippen molar-refractivity contribution in [1.29, 1.82) is 0 Å². The van der Waals surface area contributed by atoms with Gasteiger partial charge >= 0.3 is 41.2 Å². The lowest BCUT2D eigenvalue weighted by molar-refractivity contribution is -0.279. The Bertz CT molecular complexity index is 3240. The molecule has 0 heterocycles. The third kappa shape index (κ3) is 10.4. The van der Waals surface area contributed by atoms with E-state index in [1.54, 1.807) is 48.5 Å². The number of carbonyl (C=O) groups is 5. The number of ketones is 1. The van der Waals surface area contributed by atoms with Crippen molar-refractivity contribution in [2.45, 2.75) is 34.0 Å². The van der Waals surface area contributed by atoms with Gasteiger partial charge in [-0.15, -0.1) is 0 Å². The number of rotatable bonds is 20. The number of Topliss-reactive ketones (excluding diaryl/α,β-unsaturated/α-hetero) is 1. The fourth-order valence-electron chi connectivity index (χ4n) is 10.1. The first kappa shape index (κ1) is 56.8. The molecule has 0 aromatic heterocycles. The van der Waals surface area contributed by atoms with Gasteiger partial charge in [0, 0.05) is 11.1 Å². The predicted octanol–water partition coefficient (Wildman–Crippen LogP) is 10.2. The molecule has 0 aliphatic heterocycles. The molecule has 0 saturated carbocycles. The van der Waals surface area contributed by atoms with Crippen LogP contribution in [0.1, 0.15) is 55.6 Å². The lowest BCUT2D eigenvalue weighted by Crippen LogP contribution is -2.61. The van der Waals surface area contributed by atoms with Crippen molar-refractivity contribution in [2.75, 3.05) is 0 Å². The Balaban J connectivity index is 1.32. The molecule has 0 amide bonds. The number of hydrogen-bond acceptors (Lipinski definition) is 13. The van der Waals surface area contributed by atoms with Crippen LogP contribution in [-0.2, 0) is 76.9 Å². The van der Waals surface area contributed by atoms with Crippen molar-refractivity contribution in [3.8, 4) is 0 Å². The van der Waals surface area contributed by atoms with Gasteiger partial charge in [-0.2, -0.15) is 0 Å². The molecule has 13 heteroatoms. The quantitative estimate of drug-likeness (QED) is 0.0415. The number of aliphatic hydroxyl groups is 4. The Morgan fingerprint density at radius 3 is 0.452 bits per heavy atom. The molecular formula is C71H54O13. The van der Waals surface area contributed by atoms with Gasteiger partial charge < -0.3 is 39.4 Å². The average molecular weight is 1120 g/mol. The van der Waals surface area contributed by atoms with Crippen LogP contribution in [-0.4, -0.2) is 50.1 Å². The van der Waals surface area contributed by atoms with Crippen molar-refractivity contribution < 1.29 is 63.3 Å². The Morgan fingerprint density at radius 1 is 0.202 bits per heavy atom. The number of benzene rings is 10. The smallest absolute Gasteiger partial charge is 0.352 e. The van der Waals surface area contributed by atoms with Gasteiger partial charge in [-0.05, 0) is 44.5 Å². The van der Waals surface area contributed by atoms with Crippen LogP contribution in [0.3, 0.4) is 0 Å². The van der Waals surface area contributed by atoms with Gasteiger partial charge in [0.15, 0.2) is 0 Å². The summed E-state index contributed by atoms with van der Waals surface area (Å²) in [6.45, 7) is 0. The zero-order valence-electron chi connectivity index (χ0n) is 44.8. The van der Waals surface area contributed by atoms with Crippen LogP contribution in [0.25, 0.3) is 0 Å². The molecule has 84 heavy (non-hydrogen) atoms. The standard InChI is InChI=1S/C71H54O13/c72-61(70(59-47-27-9-28-48-59,81-62(73)66(77,51-31-11-1-12-32-51)52-33-13-2-14-34-52)82-63(74)67(78,53-35-15-3-16-36-53)54-37-17-4-18-38-54)71(60-49-29-10-30-50-60,83-64(75)68(79,55-39-19-5-20-40-55)56-41-21-6-22-42-56)84-65(76)69(80,57-43-23-7-24-44-57)58-45-25-8-26-46-58/h1-50,77-80H. The SMILES string of the molecule is O=C(C(OC(=O)C(O)(c1ccccc1)c1ccccc1)(OC(=O)C(O)(c1ccccc1)c1ccccc1)c1ccccc1)C(OC(=O)C(O)(c1ccccc1)c1ccccc1)(OC(=O)C(O)(c1ccccc1)c1ccccc1)c1ccccc1. The highest BCUT2D eigenvalue weighted by Crippen LogP contribution is 2.48. The lowest BCUT2D eigenvalue weighted by Gasteiger charge is -2.43. The van der Waals surface area contributed by atoms with E-state index in [4.69, 9.17) is 18.9 Å². The van der Waals surface area contributed by atoms with E-state index in [2.05, 4.69) is 0 Å². The highest BCUT2D eigenvalue weighted by atomic mass is 16.8. The number of esters is 4. The van der Waals surface area contributed by atoms with Crippen molar-refractivity contribution in [2.24, 2.45) is 0 Å². The highest BCUT2D eigenvalue weighted by Gasteiger charge is 2.68. The van der Waals surface area contributed by atoms with Crippen LogP contribution >= 0.6 is 0 Å². The van der Waals surface area contributed by atoms with Gasteiger partial charge in [0.1, 0.15) is 0 Å². The lowest BCUT2D eigenvalue weighted by atomic mass is 9.84. The van der Waals surface area contributed by atoms with E-state index in [-0.39, 0.29) is 44.5 Å². The molecule has 416 valence electrons. The Labute approximate surface area is 483 Å². The van der Waals surface area contributed by atoms with Crippen molar-refractivity contribution in [1.82, 2.24) is 0 Å². The summed E-state index contributed by atoms with van der Waals surface area (Å²) in [5, 5.41) is 53.1. The summed E-state index contributed by atoms with van der Waals surface area (Å²) in [6.07, 6.45) is 0. The maximum Gasteiger partial charge on any atom is 0.352 e. The molecule has 10 aromatic carbocycles. The molecule has 0 radical (unpaired) electrons. The summed E-state index contributed by atoms with van der Waals surface area (Å²) in [5.74, 6) is -16.3. The Hall–Kier alpha value is -10.4. The van der Waals surface area contributed by atoms with Gasteiger partial charge in [0.25, 0.3) is 0 Å². The van der Waals surface area contributed by atoms with E-state index in [1.807, 2.05) is 0 Å². The zero-order chi connectivity index (χ0) is 58.8. The fourth-order valence-corrected chi connectivity index (χ4v) is 10.1.